The first kappa shape index (κ1) is 17.3. The molecule has 0 saturated heterocycles. The molecule has 0 radical (unpaired) electrons. The Morgan fingerprint density at radius 2 is 1.62 bits per heavy atom. The third-order valence-electron chi connectivity index (χ3n) is 9.78. The van der Waals surface area contributed by atoms with E-state index >= 15 is 0 Å². The monoisotopic (exact) mass is 332 g/mol. The molecule has 2 heteroatoms. The van der Waals surface area contributed by atoms with Gasteiger partial charge in [0.1, 0.15) is 0 Å². The van der Waals surface area contributed by atoms with E-state index in [2.05, 4.69) is 33.1 Å². The highest BCUT2D eigenvalue weighted by Gasteiger charge is 2.60. The van der Waals surface area contributed by atoms with E-state index in [-0.39, 0.29) is 0 Å². The van der Waals surface area contributed by atoms with Gasteiger partial charge in [-0.2, -0.15) is 0 Å². The second-order valence-corrected chi connectivity index (χ2v) is 10.5. The van der Waals surface area contributed by atoms with Gasteiger partial charge in [0.25, 0.3) is 0 Å². The standard InChI is InChI=1S/C22H40N2/c1-14(23)18-7-8-19-17-6-5-15-13-16(24-4)9-11-21(15,2)20(17)10-12-22(18,19)3/h14-20,24H,5-13,23H2,1-4H3/t14-,15-,16-,17-,18+,19-,20-,21-,22+/m0/s1. The van der Waals surface area contributed by atoms with Crippen LogP contribution in [0.25, 0.3) is 0 Å². The molecule has 4 rings (SSSR count). The van der Waals surface area contributed by atoms with Crippen molar-refractivity contribution in [3.05, 3.63) is 0 Å². The largest absolute Gasteiger partial charge is 0.328 e. The summed E-state index contributed by atoms with van der Waals surface area (Å²) >= 11 is 0. The average molecular weight is 333 g/mol. The summed E-state index contributed by atoms with van der Waals surface area (Å²) < 4.78 is 0. The molecule has 24 heavy (non-hydrogen) atoms. The third kappa shape index (κ3) is 2.35. The van der Waals surface area contributed by atoms with E-state index in [9.17, 15) is 0 Å². The highest BCUT2D eigenvalue weighted by Crippen LogP contribution is 2.67. The lowest BCUT2D eigenvalue weighted by molar-refractivity contribution is -0.115. The van der Waals surface area contributed by atoms with Crippen LogP contribution in [-0.2, 0) is 0 Å². The number of rotatable bonds is 2. The summed E-state index contributed by atoms with van der Waals surface area (Å²) in [6.45, 7) is 7.56. The normalized spacial score (nSPS) is 55.4. The fraction of sp³-hybridized carbons (Fsp3) is 1.00. The van der Waals surface area contributed by atoms with Crippen LogP contribution >= 0.6 is 0 Å². The maximum absolute atomic E-state index is 6.41. The van der Waals surface area contributed by atoms with E-state index in [1.165, 1.54) is 57.8 Å². The van der Waals surface area contributed by atoms with Gasteiger partial charge in [0.05, 0.1) is 0 Å². The molecule has 4 fully saturated rings. The molecule has 0 amide bonds. The maximum atomic E-state index is 6.41. The van der Waals surface area contributed by atoms with Crippen molar-refractivity contribution in [1.29, 1.82) is 0 Å². The summed E-state index contributed by atoms with van der Waals surface area (Å²) in [4.78, 5) is 0. The van der Waals surface area contributed by atoms with Crippen LogP contribution in [0.5, 0.6) is 0 Å². The lowest BCUT2D eigenvalue weighted by Gasteiger charge is -2.61. The molecule has 0 aliphatic heterocycles. The predicted octanol–water partition coefficient (Wildman–Crippen LogP) is 4.58. The summed E-state index contributed by atoms with van der Waals surface area (Å²) in [6, 6.07) is 1.16. The van der Waals surface area contributed by atoms with Gasteiger partial charge in [-0.1, -0.05) is 13.8 Å². The molecular weight excluding hydrogens is 292 g/mol. The molecule has 0 aromatic rings. The van der Waals surface area contributed by atoms with Gasteiger partial charge >= 0.3 is 0 Å². The van der Waals surface area contributed by atoms with Gasteiger partial charge < -0.3 is 11.1 Å². The van der Waals surface area contributed by atoms with Gasteiger partial charge in [-0.05, 0) is 112 Å². The van der Waals surface area contributed by atoms with Crippen LogP contribution in [0, 0.1) is 40.4 Å². The molecule has 0 aromatic heterocycles. The SMILES string of the molecule is CN[C@H]1CC[C@@]2(C)[C@@H](CC[C@@H]3[C@@H]2CC[C@]2(C)[C@@H]([C@H](C)N)CC[C@@H]32)C1. The Kier molecular flexibility index (Phi) is 4.32. The Labute approximate surface area is 149 Å². The minimum Gasteiger partial charge on any atom is -0.328 e. The highest BCUT2D eigenvalue weighted by molar-refractivity contribution is 5.10. The van der Waals surface area contributed by atoms with Crippen LogP contribution in [0.1, 0.15) is 78.6 Å². The van der Waals surface area contributed by atoms with Crippen LogP contribution in [0.15, 0.2) is 0 Å². The fourth-order valence-electron chi connectivity index (χ4n) is 8.42. The summed E-state index contributed by atoms with van der Waals surface area (Å²) in [6.07, 6.45) is 13.1. The Balaban J connectivity index is 1.58. The molecule has 0 spiro atoms. The van der Waals surface area contributed by atoms with Gasteiger partial charge in [0.15, 0.2) is 0 Å². The van der Waals surface area contributed by atoms with Gasteiger partial charge in [-0.15, -0.1) is 0 Å². The molecule has 4 saturated carbocycles. The van der Waals surface area contributed by atoms with Crippen LogP contribution < -0.4 is 11.1 Å². The minimum absolute atomic E-state index is 0.384. The van der Waals surface area contributed by atoms with Gasteiger partial charge in [-0.25, -0.2) is 0 Å². The minimum atomic E-state index is 0.384. The second-order valence-electron chi connectivity index (χ2n) is 10.5. The number of hydrogen-bond acceptors (Lipinski definition) is 2. The van der Waals surface area contributed by atoms with E-state index in [0.29, 0.717) is 16.9 Å². The molecule has 9 atom stereocenters. The van der Waals surface area contributed by atoms with Crippen LogP contribution in [0.3, 0.4) is 0 Å². The second kappa shape index (κ2) is 5.98. The van der Waals surface area contributed by atoms with E-state index < -0.39 is 0 Å². The highest BCUT2D eigenvalue weighted by atomic mass is 14.9. The van der Waals surface area contributed by atoms with E-state index in [1.807, 2.05) is 0 Å². The van der Waals surface area contributed by atoms with Crippen molar-refractivity contribution in [3.8, 4) is 0 Å². The molecule has 0 heterocycles. The Morgan fingerprint density at radius 3 is 2.33 bits per heavy atom. The molecule has 0 unspecified atom stereocenters. The zero-order valence-electron chi connectivity index (χ0n) is 16.5. The van der Waals surface area contributed by atoms with Gasteiger partial charge in [0, 0.05) is 12.1 Å². The van der Waals surface area contributed by atoms with E-state index in [0.717, 1.165) is 35.6 Å². The zero-order valence-corrected chi connectivity index (χ0v) is 16.5. The van der Waals surface area contributed by atoms with Crippen molar-refractivity contribution in [1.82, 2.24) is 5.32 Å². The first-order valence-corrected chi connectivity index (χ1v) is 10.8. The van der Waals surface area contributed by atoms with Crippen molar-refractivity contribution in [3.63, 3.8) is 0 Å². The summed E-state index contributed by atoms with van der Waals surface area (Å²) in [5.74, 6) is 4.71. The Hall–Kier alpha value is -0.0800. The van der Waals surface area contributed by atoms with Crippen molar-refractivity contribution in [2.75, 3.05) is 7.05 Å². The van der Waals surface area contributed by atoms with E-state index in [4.69, 9.17) is 5.73 Å². The van der Waals surface area contributed by atoms with Crippen molar-refractivity contribution < 1.29 is 0 Å². The summed E-state index contributed by atoms with van der Waals surface area (Å²) in [5, 5.41) is 3.57. The molecule has 4 aliphatic carbocycles. The first-order valence-electron chi connectivity index (χ1n) is 10.8. The topological polar surface area (TPSA) is 38.0 Å². The van der Waals surface area contributed by atoms with Crippen LogP contribution in [0.2, 0.25) is 0 Å². The summed E-state index contributed by atoms with van der Waals surface area (Å²) in [7, 11) is 2.16. The number of fused-ring (bicyclic) bond motifs is 5. The number of nitrogens with one attached hydrogen (secondary N) is 1. The zero-order chi connectivity index (χ0) is 17.1. The molecule has 3 N–H and O–H groups in total. The average Bonchev–Trinajstić information content (AvgIpc) is 2.91. The molecule has 138 valence electrons. The molecule has 0 bridgehead atoms. The van der Waals surface area contributed by atoms with E-state index in [1.54, 1.807) is 0 Å². The van der Waals surface area contributed by atoms with Crippen LogP contribution in [0.4, 0.5) is 0 Å². The molecule has 0 aromatic carbocycles. The Morgan fingerprint density at radius 1 is 0.917 bits per heavy atom. The molecular formula is C22H40N2. The first-order chi connectivity index (χ1) is 11.4. The maximum Gasteiger partial charge on any atom is 0.00671 e. The van der Waals surface area contributed by atoms with Crippen molar-refractivity contribution >= 4 is 0 Å². The smallest absolute Gasteiger partial charge is 0.00671 e. The molecule has 2 nitrogen and oxygen atoms in total. The fourth-order valence-corrected chi connectivity index (χ4v) is 8.42. The van der Waals surface area contributed by atoms with Crippen molar-refractivity contribution in [2.24, 2.45) is 46.2 Å². The lowest BCUT2D eigenvalue weighted by atomic mass is 9.44. The molecule has 4 aliphatic rings. The van der Waals surface area contributed by atoms with Crippen molar-refractivity contribution in [2.45, 2.75) is 90.6 Å². The quantitative estimate of drug-likeness (QED) is 0.777. The van der Waals surface area contributed by atoms with Gasteiger partial charge in [0.2, 0.25) is 0 Å². The summed E-state index contributed by atoms with van der Waals surface area (Å²) in [5.41, 5.74) is 7.59. The third-order valence-corrected chi connectivity index (χ3v) is 9.78. The van der Waals surface area contributed by atoms with Crippen LogP contribution in [-0.4, -0.2) is 19.1 Å². The number of hydrogen-bond donors (Lipinski definition) is 2. The Bertz CT molecular complexity index is 475. The lowest BCUT2D eigenvalue weighted by Crippen LogP contribution is -2.55. The van der Waals surface area contributed by atoms with Gasteiger partial charge in [-0.3, -0.25) is 0 Å². The predicted molar refractivity (Wildman–Crippen MR) is 102 cm³/mol. The number of nitrogens with two attached hydrogens (primary N) is 1.